The van der Waals surface area contributed by atoms with Crippen LogP contribution in [0.15, 0.2) is 34.2 Å². The van der Waals surface area contributed by atoms with E-state index in [9.17, 15) is 9.59 Å². The Labute approximate surface area is 150 Å². The molecule has 1 atom stereocenters. The van der Waals surface area contributed by atoms with Crippen molar-refractivity contribution in [2.24, 2.45) is 5.92 Å². The van der Waals surface area contributed by atoms with Crippen LogP contribution in [0.4, 0.5) is 5.69 Å². The summed E-state index contributed by atoms with van der Waals surface area (Å²) in [6.07, 6.45) is 1.97. The van der Waals surface area contributed by atoms with Gasteiger partial charge in [0.25, 0.3) is 0 Å². The first-order valence-corrected chi connectivity index (χ1v) is 9.16. The van der Waals surface area contributed by atoms with Gasteiger partial charge in [-0.15, -0.1) is 5.10 Å². The topological polar surface area (TPSA) is 89.0 Å². The third kappa shape index (κ3) is 4.07. The molecule has 2 aromatic rings. The summed E-state index contributed by atoms with van der Waals surface area (Å²) < 4.78 is 6.79. The molecule has 0 unspecified atom stereocenters. The number of thioether (sulfide) groups is 1. The first-order valence-electron chi connectivity index (χ1n) is 8.28. The normalized spacial score (nSPS) is 15.2. The number of hydrogen-bond acceptors (Lipinski definition) is 5. The molecule has 1 amide bonds. The molecule has 1 aromatic carbocycles. The van der Waals surface area contributed by atoms with E-state index in [4.69, 9.17) is 4.74 Å². The zero-order valence-electron chi connectivity index (χ0n) is 14.5. The summed E-state index contributed by atoms with van der Waals surface area (Å²) in [5.74, 6) is 0.712. The number of rotatable bonds is 7. The molecule has 1 heterocycles. The predicted molar refractivity (Wildman–Crippen MR) is 97.2 cm³/mol. The number of benzene rings is 1. The van der Waals surface area contributed by atoms with Crippen molar-refractivity contribution < 1.29 is 9.53 Å². The van der Waals surface area contributed by atoms with Crippen LogP contribution in [0.25, 0.3) is 0 Å². The van der Waals surface area contributed by atoms with Crippen molar-refractivity contribution in [2.75, 3.05) is 12.4 Å². The Bertz CT molecular complexity index is 793. The van der Waals surface area contributed by atoms with Crippen LogP contribution in [-0.4, -0.2) is 33.0 Å². The van der Waals surface area contributed by atoms with Crippen LogP contribution in [0, 0.1) is 5.92 Å². The lowest BCUT2D eigenvalue weighted by Crippen LogP contribution is -2.30. The highest BCUT2D eigenvalue weighted by atomic mass is 32.2. The number of nitrogens with zero attached hydrogens (tertiary/aromatic N) is 2. The second kappa shape index (κ2) is 7.35. The summed E-state index contributed by atoms with van der Waals surface area (Å²) in [5, 5.41) is 9.75. The zero-order valence-corrected chi connectivity index (χ0v) is 15.3. The first-order chi connectivity index (χ1) is 12.0. The van der Waals surface area contributed by atoms with Crippen LogP contribution in [0.2, 0.25) is 0 Å². The van der Waals surface area contributed by atoms with E-state index in [-0.39, 0.29) is 28.8 Å². The molecular weight excluding hydrogens is 340 g/mol. The second-order valence-corrected chi connectivity index (χ2v) is 7.52. The quantitative estimate of drug-likeness (QED) is 0.739. The van der Waals surface area contributed by atoms with E-state index in [1.165, 1.54) is 11.8 Å². The maximum absolute atomic E-state index is 12.7. The fraction of sp³-hybridized carbons (Fsp3) is 0.471. The lowest BCUT2D eigenvalue weighted by Gasteiger charge is -2.19. The van der Waals surface area contributed by atoms with Gasteiger partial charge in [0.05, 0.1) is 12.4 Å². The Kier molecular flexibility index (Phi) is 5.17. The van der Waals surface area contributed by atoms with Crippen molar-refractivity contribution >= 4 is 23.4 Å². The molecule has 1 aliphatic carbocycles. The number of methoxy groups -OCH3 is 1. The SMILES string of the molecule is COc1ccc(NC(=O)[C@H](Sc2n[nH]c(=O)n2C2CC2)C(C)C)cc1. The lowest BCUT2D eigenvalue weighted by molar-refractivity contribution is -0.116. The van der Waals surface area contributed by atoms with Gasteiger partial charge in [0.15, 0.2) is 5.16 Å². The molecule has 1 fully saturated rings. The molecule has 1 aliphatic rings. The van der Waals surface area contributed by atoms with E-state index in [0.29, 0.717) is 10.8 Å². The van der Waals surface area contributed by atoms with Crippen molar-refractivity contribution in [1.82, 2.24) is 14.8 Å². The average molecular weight is 362 g/mol. The minimum atomic E-state index is -0.352. The largest absolute Gasteiger partial charge is 0.497 e. The molecule has 1 aromatic heterocycles. The molecule has 0 radical (unpaired) electrons. The number of aromatic nitrogens is 3. The minimum Gasteiger partial charge on any atom is -0.497 e. The van der Waals surface area contributed by atoms with E-state index in [1.54, 1.807) is 35.9 Å². The third-order valence-electron chi connectivity index (χ3n) is 4.04. The number of hydrogen-bond donors (Lipinski definition) is 2. The molecule has 7 nitrogen and oxygen atoms in total. The molecule has 1 saturated carbocycles. The summed E-state index contributed by atoms with van der Waals surface area (Å²) in [4.78, 5) is 24.6. The van der Waals surface area contributed by atoms with E-state index < -0.39 is 0 Å². The van der Waals surface area contributed by atoms with Crippen LogP contribution in [0.1, 0.15) is 32.7 Å². The molecule has 0 saturated heterocycles. The molecule has 0 bridgehead atoms. The van der Waals surface area contributed by atoms with Gasteiger partial charge in [-0.05, 0) is 43.0 Å². The molecule has 8 heteroatoms. The van der Waals surface area contributed by atoms with Crippen molar-refractivity contribution in [2.45, 2.75) is 43.1 Å². The van der Waals surface area contributed by atoms with Crippen molar-refractivity contribution in [3.63, 3.8) is 0 Å². The molecule has 0 aliphatic heterocycles. The molecule has 25 heavy (non-hydrogen) atoms. The number of nitrogens with one attached hydrogen (secondary N) is 2. The molecular formula is C17H22N4O3S. The molecule has 2 N–H and O–H groups in total. The van der Waals surface area contributed by atoms with E-state index in [0.717, 1.165) is 18.6 Å². The highest BCUT2D eigenvalue weighted by Crippen LogP contribution is 2.37. The third-order valence-corrected chi connectivity index (χ3v) is 5.55. The molecule has 0 spiro atoms. The van der Waals surface area contributed by atoms with Crippen LogP contribution in [-0.2, 0) is 4.79 Å². The van der Waals surface area contributed by atoms with Gasteiger partial charge in [0, 0.05) is 11.7 Å². The van der Waals surface area contributed by atoms with Crippen molar-refractivity contribution in [3.05, 3.63) is 34.7 Å². The van der Waals surface area contributed by atoms with Gasteiger partial charge in [0.1, 0.15) is 5.75 Å². The number of carbonyl (C=O) groups is 1. The van der Waals surface area contributed by atoms with E-state index in [2.05, 4.69) is 15.5 Å². The minimum absolute atomic E-state index is 0.0858. The van der Waals surface area contributed by atoms with Crippen LogP contribution >= 0.6 is 11.8 Å². The number of H-pyrrole nitrogens is 1. The number of aromatic amines is 1. The van der Waals surface area contributed by atoms with Crippen molar-refractivity contribution in [1.29, 1.82) is 0 Å². The number of anilines is 1. The highest BCUT2D eigenvalue weighted by molar-refractivity contribution is 8.00. The Balaban J connectivity index is 1.74. The number of amides is 1. The molecule has 134 valence electrons. The fourth-order valence-electron chi connectivity index (χ4n) is 2.52. The Hall–Kier alpha value is -2.22. The van der Waals surface area contributed by atoms with Crippen molar-refractivity contribution in [3.8, 4) is 5.75 Å². The van der Waals surface area contributed by atoms with E-state index in [1.807, 2.05) is 13.8 Å². The maximum atomic E-state index is 12.7. The zero-order chi connectivity index (χ0) is 18.0. The maximum Gasteiger partial charge on any atom is 0.344 e. The second-order valence-electron chi connectivity index (χ2n) is 6.41. The summed E-state index contributed by atoms with van der Waals surface area (Å²) in [5.41, 5.74) is 0.502. The van der Waals surface area contributed by atoms with E-state index >= 15 is 0 Å². The van der Waals surface area contributed by atoms with Crippen LogP contribution < -0.4 is 15.7 Å². The van der Waals surface area contributed by atoms with Gasteiger partial charge in [-0.2, -0.15) is 0 Å². The van der Waals surface area contributed by atoms with Crippen LogP contribution in [0.5, 0.6) is 5.75 Å². The van der Waals surface area contributed by atoms with Gasteiger partial charge >= 0.3 is 5.69 Å². The smallest absolute Gasteiger partial charge is 0.344 e. The Morgan fingerprint density at radius 3 is 2.60 bits per heavy atom. The summed E-state index contributed by atoms with van der Waals surface area (Å²) in [6, 6.07) is 7.41. The highest BCUT2D eigenvalue weighted by Gasteiger charge is 2.32. The van der Waals surface area contributed by atoms with Gasteiger partial charge < -0.3 is 10.1 Å². The summed E-state index contributed by atoms with van der Waals surface area (Å²) in [7, 11) is 1.60. The number of carbonyl (C=O) groups excluding carboxylic acids is 1. The lowest BCUT2D eigenvalue weighted by atomic mass is 10.1. The van der Waals surface area contributed by atoms with Gasteiger partial charge in [-0.1, -0.05) is 25.6 Å². The average Bonchev–Trinajstić information content (AvgIpc) is 3.36. The first kappa shape index (κ1) is 17.6. The predicted octanol–water partition coefficient (Wildman–Crippen LogP) is 2.67. The van der Waals surface area contributed by atoms with Gasteiger partial charge in [-0.25, -0.2) is 9.89 Å². The summed E-state index contributed by atoms with van der Waals surface area (Å²) >= 11 is 1.33. The number of ether oxygens (including phenoxy) is 1. The fourth-order valence-corrected chi connectivity index (χ4v) is 3.63. The van der Waals surface area contributed by atoms with Crippen LogP contribution in [0.3, 0.4) is 0 Å². The summed E-state index contributed by atoms with van der Waals surface area (Å²) in [6.45, 7) is 3.97. The Morgan fingerprint density at radius 1 is 1.36 bits per heavy atom. The van der Waals surface area contributed by atoms with Gasteiger partial charge in [0.2, 0.25) is 5.91 Å². The Morgan fingerprint density at radius 2 is 2.04 bits per heavy atom. The standard InChI is InChI=1S/C17H22N4O3S/c1-10(2)14(15(22)18-11-4-8-13(24-3)9-5-11)25-17-20-19-16(23)21(17)12-6-7-12/h4-5,8-10,12,14H,6-7H2,1-3H3,(H,18,22)(H,19,23)/t14-/m1/s1. The van der Waals surface area contributed by atoms with Gasteiger partial charge in [-0.3, -0.25) is 9.36 Å². The molecule has 3 rings (SSSR count). The monoisotopic (exact) mass is 362 g/mol.